The summed E-state index contributed by atoms with van der Waals surface area (Å²) in [6.45, 7) is 0. The van der Waals surface area contributed by atoms with Crippen LogP contribution in [0.3, 0.4) is 0 Å². The van der Waals surface area contributed by atoms with Gasteiger partial charge in [0.25, 0.3) is 5.91 Å². The average Bonchev–Trinajstić information content (AvgIpc) is 2.55. The first-order chi connectivity index (χ1) is 10.8. The summed E-state index contributed by atoms with van der Waals surface area (Å²) >= 11 is 0. The smallest absolute Gasteiger partial charge is 0.341 e. The lowest BCUT2D eigenvalue weighted by atomic mass is 10.2. The van der Waals surface area contributed by atoms with Crippen molar-refractivity contribution in [1.29, 1.82) is 0 Å². The minimum Gasteiger partial charge on any atom is -0.497 e. The number of benzene rings is 2. The number of hydrogen-bond acceptors (Lipinski definition) is 4. The summed E-state index contributed by atoms with van der Waals surface area (Å²) in [5.41, 5.74) is 0.661. The van der Waals surface area contributed by atoms with Crippen molar-refractivity contribution < 1.29 is 26.7 Å². The van der Waals surface area contributed by atoms with Gasteiger partial charge in [-0.25, -0.2) is 8.42 Å². The molecule has 0 aliphatic heterocycles. The fraction of sp³-hybridized carbons (Fsp3) is 0.133. The van der Waals surface area contributed by atoms with Gasteiger partial charge >= 0.3 is 5.76 Å². The van der Waals surface area contributed by atoms with Gasteiger partial charge in [-0.2, -0.15) is 8.78 Å². The van der Waals surface area contributed by atoms with Gasteiger partial charge in [0.15, 0.2) is 0 Å². The van der Waals surface area contributed by atoms with E-state index in [0.29, 0.717) is 17.0 Å². The predicted molar refractivity (Wildman–Crippen MR) is 80.6 cm³/mol. The third-order valence-electron chi connectivity index (χ3n) is 3.03. The van der Waals surface area contributed by atoms with E-state index in [9.17, 15) is 22.0 Å². The molecule has 2 aromatic carbocycles. The van der Waals surface area contributed by atoms with Gasteiger partial charge in [-0.05, 0) is 48.5 Å². The molecule has 0 aromatic heterocycles. The maximum absolute atomic E-state index is 12.4. The maximum Gasteiger partial charge on any atom is 0.341 e. The second-order valence-electron chi connectivity index (χ2n) is 4.51. The van der Waals surface area contributed by atoms with Crippen LogP contribution in [0.1, 0.15) is 10.4 Å². The molecule has 0 aliphatic rings. The lowest BCUT2D eigenvalue weighted by Gasteiger charge is -2.07. The topological polar surface area (TPSA) is 72.5 Å². The summed E-state index contributed by atoms with van der Waals surface area (Å²) in [7, 11) is -3.14. The Hall–Kier alpha value is -2.48. The molecule has 0 fully saturated rings. The molecule has 0 saturated carbocycles. The summed E-state index contributed by atoms with van der Waals surface area (Å²) in [6, 6.07) is 10.9. The number of anilines is 1. The van der Waals surface area contributed by atoms with Crippen molar-refractivity contribution in [3.8, 4) is 5.75 Å². The zero-order valence-electron chi connectivity index (χ0n) is 12.0. The normalized spacial score (nSPS) is 11.3. The van der Waals surface area contributed by atoms with Crippen LogP contribution < -0.4 is 10.1 Å². The molecule has 2 aromatic rings. The Morgan fingerprint density at radius 1 is 1.04 bits per heavy atom. The number of rotatable bonds is 5. The van der Waals surface area contributed by atoms with E-state index in [-0.39, 0.29) is 0 Å². The third kappa shape index (κ3) is 3.84. The summed E-state index contributed by atoms with van der Waals surface area (Å²) < 4.78 is 52.4. The van der Waals surface area contributed by atoms with E-state index in [1.807, 2.05) is 0 Å². The van der Waals surface area contributed by atoms with Crippen molar-refractivity contribution in [2.24, 2.45) is 0 Å². The number of hydrogen-bond donors (Lipinski definition) is 1. The molecule has 0 spiro atoms. The Kier molecular flexibility index (Phi) is 4.95. The highest BCUT2D eigenvalue weighted by molar-refractivity contribution is 7.91. The molecule has 5 nitrogen and oxygen atoms in total. The molecular weight excluding hydrogens is 328 g/mol. The Morgan fingerprint density at radius 3 is 2.09 bits per heavy atom. The molecule has 0 saturated heterocycles. The van der Waals surface area contributed by atoms with Crippen LogP contribution in [-0.4, -0.2) is 27.2 Å². The molecule has 0 unspecified atom stereocenters. The summed E-state index contributed by atoms with van der Waals surface area (Å²) in [6.07, 6.45) is 0. The molecule has 1 N–H and O–H groups in total. The van der Waals surface area contributed by atoms with Crippen molar-refractivity contribution in [2.45, 2.75) is 10.7 Å². The van der Waals surface area contributed by atoms with Crippen LogP contribution in [0.15, 0.2) is 53.4 Å². The third-order valence-corrected chi connectivity index (χ3v) is 4.43. The van der Waals surface area contributed by atoms with Gasteiger partial charge in [0.2, 0.25) is 9.84 Å². The molecule has 0 aliphatic carbocycles. The van der Waals surface area contributed by atoms with Crippen LogP contribution >= 0.6 is 0 Å². The highest BCUT2D eigenvalue weighted by atomic mass is 32.2. The Labute approximate surface area is 131 Å². The molecule has 122 valence electrons. The van der Waals surface area contributed by atoms with E-state index in [1.54, 1.807) is 24.3 Å². The molecular formula is C15H13F2NO4S. The van der Waals surface area contributed by atoms with Gasteiger partial charge in [-0.15, -0.1) is 0 Å². The molecule has 0 radical (unpaired) electrons. The minimum atomic E-state index is -4.64. The van der Waals surface area contributed by atoms with Crippen molar-refractivity contribution in [3.63, 3.8) is 0 Å². The second-order valence-corrected chi connectivity index (χ2v) is 6.43. The van der Waals surface area contributed by atoms with Crippen LogP contribution in [-0.2, 0) is 9.84 Å². The largest absolute Gasteiger partial charge is 0.497 e. The fourth-order valence-corrected chi connectivity index (χ4v) is 2.50. The van der Waals surface area contributed by atoms with Crippen molar-refractivity contribution in [1.82, 2.24) is 0 Å². The number of sulfone groups is 1. The fourth-order valence-electron chi connectivity index (χ4n) is 1.78. The van der Waals surface area contributed by atoms with Gasteiger partial charge < -0.3 is 10.1 Å². The number of alkyl halides is 2. The quantitative estimate of drug-likeness (QED) is 0.907. The van der Waals surface area contributed by atoms with E-state index in [0.717, 1.165) is 12.1 Å². The number of methoxy groups -OCH3 is 1. The zero-order chi connectivity index (χ0) is 17.0. The van der Waals surface area contributed by atoms with Crippen LogP contribution in [0.4, 0.5) is 14.5 Å². The zero-order valence-corrected chi connectivity index (χ0v) is 12.8. The number of nitrogens with one attached hydrogen (secondary N) is 1. The Balaban J connectivity index is 2.13. The van der Waals surface area contributed by atoms with Gasteiger partial charge in [0.1, 0.15) is 5.75 Å². The second kappa shape index (κ2) is 6.74. The first-order valence-corrected chi connectivity index (χ1v) is 7.97. The van der Waals surface area contributed by atoms with Gasteiger partial charge in [-0.3, -0.25) is 4.79 Å². The number of ether oxygens (including phenoxy) is 1. The van der Waals surface area contributed by atoms with Crippen molar-refractivity contribution in [2.75, 3.05) is 12.4 Å². The first kappa shape index (κ1) is 16.9. The minimum absolute atomic E-state index is 0.291. The van der Waals surface area contributed by atoms with Crippen molar-refractivity contribution in [3.05, 3.63) is 54.1 Å². The summed E-state index contributed by atoms with van der Waals surface area (Å²) in [4.78, 5) is 11.5. The van der Waals surface area contributed by atoms with Crippen LogP contribution in [0.25, 0.3) is 0 Å². The molecule has 1 amide bonds. The van der Waals surface area contributed by atoms with Gasteiger partial charge in [-0.1, -0.05) is 0 Å². The molecule has 2 rings (SSSR count). The van der Waals surface area contributed by atoms with Crippen LogP contribution in [0.2, 0.25) is 0 Å². The van der Waals surface area contributed by atoms with E-state index in [2.05, 4.69) is 5.32 Å². The molecule has 0 bridgehead atoms. The van der Waals surface area contributed by atoms with Crippen LogP contribution in [0, 0.1) is 0 Å². The highest BCUT2D eigenvalue weighted by Crippen LogP contribution is 2.21. The van der Waals surface area contributed by atoms with Crippen LogP contribution in [0.5, 0.6) is 5.75 Å². The summed E-state index contributed by atoms with van der Waals surface area (Å²) in [5.74, 6) is -3.30. The Bertz CT molecular complexity index is 787. The van der Waals surface area contributed by atoms with E-state index < -0.39 is 26.4 Å². The standard InChI is InChI=1S/C15H13F2NO4S/c1-22-12-6-2-10(3-7-12)14(19)18-11-4-8-13(9-5-11)23(20,21)15(16)17/h2-9,15H,1H3,(H,18,19). The molecule has 0 heterocycles. The van der Waals surface area contributed by atoms with Gasteiger partial charge in [0, 0.05) is 11.3 Å². The van der Waals surface area contributed by atoms with E-state index >= 15 is 0 Å². The average molecular weight is 341 g/mol. The highest BCUT2D eigenvalue weighted by Gasteiger charge is 2.26. The predicted octanol–water partition coefficient (Wildman–Crippen LogP) is 2.94. The Morgan fingerprint density at radius 2 is 1.61 bits per heavy atom. The molecule has 0 atom stereocenters. The molecule has 23 heavy (non-hydrogen) atoms. The first-order valence-electron chi connectivity index (χ1n) is 6.42. The van der Waals surface area contributed by atoms with E-state index in [4.69, 9.17) is 4.74 Å². The monoisotopic (exact) mass is 341 g/mol. The maximum atomic E-state index is 12.4. The molecule has 8 heteroatoms. The van der Waals surface area contributed by atoms with Gasteiger partial charge in [0.05, 0.1) is 12.0 Å². The van der Waals surface area contributed by atoms with E-state index in [1.165, 1.54) is 19.2 Å². The number of carbonyl (C=O) groups excluding carboxylic acids is 1. The number of halogens is 2. The van der Waals surface area contributed by atoms with Crippen molar-refractivity contribution >= 4 is 21.4 Å². The summed E-state index contributed by atoms with van der Waals surface area (Å²) in [5, 5.41) is 2.54. The number of amides is 1. The lowest BCUT2D eigenvalue weighted by Crippen LogP contribution is -2.13. The SMILES string of the molecule is COc1ccc(C(=O)Nc2ccc(S(=O)(=O)C(F)F)cc2)cc1. The lowest BCUT2D eigenvalue weighted by molar-refractivity contribution is 0.102. The number of carbonyl (C=O) groups is 1.